The maximum Gasteiger partial charge on any atom is 0.227 e. The van der Waals surface area contributed by atoms with Crippen LogP contribution in [0.1, 0.15) is 38.2 Å². The molecule has 1 unspecified atom stereocenters. The number of benzene rings is 1. The average molecular weight is 331 g/mol. The predicted molar refractivity (Wildman–Crippen MR) is 96.7 cm³/mol. The molecule has 1 aromatic carbocycles. The summed E-state index contributed by atoms with van der Waals surface area (Å²) in [5, 5.41) is 3.36. The van der Waals surface area contributed by atoms with Gasteiger partial charge in [-0.15, -0.1) is 0 Å². The van der Waals surface area contributed by atoms with Gasteiger partial charge in [0.15, 0.2) is 0 Å². The molecule has 0 bridgehead atoms. The van der Waals surface area contributed by atoms with Crippen molar-refractivity contribution < 1.29 is 9.59 Å². The van der Waals surface area contributed by atoms with Crippen LogP contribution in [-0.2, 0) is 9.59 Å². The minimum Gasteiger partial charge on any atom is -0.370 e. The van der Waals surface area contributed by atoms with Gasteiger partial charge >= 0.3 is 0 Å². The fraction of sp³-hybridized carbons (Fsp3) is 0.579. The second-order valence-electron chi connectivity index (χ2n) is 6.87. The number of carbonyl (C=O) groups is 2. The first kappa shape index (κ1) is 18.5. The van der Waals surface area contributed by atoms with Gasteiger partial charge in [-0.05, 0) is 62.4 Å². The zero-order valence-corrected chi connectivity index (χ0v) is 14.8. The van der Waals surface area contributed by atoms with Crippen LogP contribution in [0.25, 0.3) is 0 Å². The van der Waals surface area contributed by atoms with Crippen LogP contribution in [-0.4, -0.2) is 31.4 Å². The van der Waals surface area contributed by atoms with Gasteiger partial charge in [0.25, 0.3) is 0 Å². The molecule has 1 saturated heterocycles. The molecule has 5 nitrogen and oxygen atoms in total. The van der Waals surface area contributed by atoms with Gasteiger partial charge in [0.05, 0.1) is 0 Å². The third kappa shape index (κ3) is 5.34. The molecule has 0 saturated carbocycles. The lowest BCUT2D eigenvalue weighted by atomic mass is 9.84. The quantitative estimate of drug-likeness (QED) is 0.804. The van der Waals surface area contributed by atoms with Crippen molar-refractivity contribution in [1.29, 1.82) is 0 Å². The highest BCUT2D eigenvalue weighted by Gasteiger charge is 2.25. The van der Waals surface area contributed by atoms with Crippen molar-refractivity contribution in [3.05, 3.63) is 29.8 Å². The van der Waals surface area contributed by atoms with Crippen molar-refractivity contribution in [1.82, 2.24) is 5.32 Å². The Kier molecular flexibility index (Phi) is 6.79. The highest BCUT2D eigenvalue weighted by Crippen LogP contribution is 2.26. The molecule has 1 aliphatic rings. The minimum atomic E-state index is -0.383. The number of anilines is 1. The second kappa shape index (κ2) is 8.83. The van der Waals surface area contributed by atoms with Crippen molar-refractivity contribution >= 4 is 17.5 Å². The smallest absolute Gasteiger partial charge is 0.227 e. The lowest BCUT2D eigenvalue weighted by molar-refractivity contribution is -0.120. The number of piperidine rings is 1. The van der Waals surface area contributed by atoms with E-state index in [1.807, 2.05) is 31.2 Å². The summed E-state index contributed by atoms with van der Waals surface area (Å²) in [6.45, 7) is 6.57. The first-order valence-electron chi connectivity index (χ1n) is 8.83. The number of hydrogen-bond acceptors (Lipinski definition) is 3. The third-order valence-electron chi connectivity index (χ3n) is 4.88. The number of hydrogen-bond donors (Lipinski definition) is 2. The van der Waals surface area contributed by atoms with Crippen LogP contribution in [0, 0.1) is 18.8 Å². The van der Waals surface area contributed by atoms with Crippen LogP contribution >= 0.6 is 0 Å². The lowest BCUT2D eigenvalue weighted by Crippen LogP contribution is -2.37. The molecule has 1 heterocycles. The van der Waals surface area contributed by atoms with Gasteiger partial charge in [0.1, 0.15) is 0 Å². The summed E-state index contributed by atoms with van der Waals surface area (Å²) in [4.78, 5) is 25.8. The van der Waals surface area contributed by atoms with E-state index in [0.29, 0.717) is 24.8 Å². The maximum atomic E-state index is 12.9. The molecule has 1 aromatic rings. The third-order valence-corrected chi connectivity index (χ3v) is 4.88. The van der Waals surface area contributed by atoms with Crippen molar-refractivity contribution in [2.75, 3.05) is 24.5 Å². The Morgan fingerprint density at radius 2 is 2.04 bits per heavy atom. The first-order chi connectivity index (χ1) is 11.5. The first-order valence-corrected chi connectivity index (χ1v) is 8.83. The molecule has 0 spiro atoms. The summed E-state index contributed by atoms with van der Waals surface area (Å²) >= 11 is 0. The molecule has 1 aliphatic heterocycles. The van der Waals surface area contributed by atoms with E-state index in [1.165, 1.54) is 0 Å². The number of nitrogens with one attached hydrogen (secondary N) is 1. The fourth-order valence-corrected chi connectivity index (χ4v) is 3.38. The average Bonchev–Trinajstić information content (AvgIpc) is 2.55. The summed E-state index contributed by atoms with van der Waals surface area (Å²) in [6.07, 6.45) is 2.94. The lowest BCUT2D eigenvalue weighted by Gasteiger charge is -2.30. The van der Waals surface area contributed by atoms with Crippen LogP contribution < -0.4 is 16.0 Å². The maximum absolute atomic E-state index is 12.9. The molecule has 24 heavy (non-hydrogen) atoms. The van der Waals surface area contributed by atoms with E-state index in [4.69, 9.17) is 5.73 Å². The fourth-order valence-electron chi connectivity index (χ4n) is 3.38. The van der Waals surface area contributed by atoms with Crippen LogP contribution in [0.4, 0.5) is 5.69 Å². The van der Waals surface area contributed by atoms with E-state index < -0.39 is 0 Å². The molecule has 2 amide bonds. The highest BCUT2D eigenvalue weighted by atomic mass is 16.2. The van der Waals surface area contributed by atoms with E-state index in [9.17, 15) is 9.59 Å². The molecule has 0 radical (unpaired) electrons. The molecular formula is C19H29N3O2. The largest absolute Gasteiger partial charge is 0.370 e. The normalized spacial score (nSPS) is 16.6. The monoisotopic (exact) mass is 331 g/mol. The van der Waals surface area contributed by atoms with E-state index in [0.717, 1.165) is 37.2 Å². The zero-order valence-electron chi connectivity index (χ0n) is 14.8. The molecule has 132 valence electrons. The standard InChI is InChI=1S/C19H29N3O2/c1-14-4-3-5-17(12-14)22(11-8-18(20)23)19(24)13-15(2)16-6-9-21-10-7-16/h3-5,12,15-16,21H,6-11,13H2,1-2H3,(H2,20,23). The second-order valence-corrected chi connectivity index (χ2v) is 6.87. The number of aryl methyl sites for hydroxylation is 1. The van der Waals surface area contributed by atoms with E-state index >= 15 is 0 Å². The summed E-state index contributed by atoms with van der Waals surface area (Å²) < 4.78 is 0. The Morgan fingerprint density at radius 1 is 1.33 bits per heavy atom. The van der Waals surface area contributed by atoms with Gasteiger partial charge in [-0.3, -0.25) is 9.59 Å². The van der Waals surface area contributed by atoms with Crippen molar-refractivity contribution in [2.45, 2.75) is 39.5 Å². The molecule has 3 N–H and O–H groups in total. The summed E-state index contributed by atoms with van der Waals surface area (Å²) in [5.74, 6) is 0.630. The van der Waals surface area contributed by atoms with Crippen LogP contribution in [0.15, 0.2) is 24.3 Å². The van der Waals surface area contributed by atoms with E-state index in [1.54, 1.807) is 4.90 Å². The molecule has 1 fully saturated rings. The molecule has 5 heteroatoms. The van der Waals surface area contributed by atoms with E-state index in [-0.39, 0.29) is 18.2 Å². The molecule has 0 aromatic heterocycles. The Labute approximate surface area is 144 Å². The van der Waals surface area contributed by atoms with Gasteiger partial charge in [-0.1, -0.05) is 19.1 Å². The van der Waals surface area contributed by atoms with Crippen LogP contribution in [0.2, 0.25) is 0 Å². The number of primary amides is 1. The summed E-state index contributed by atoms with van der Waals surface area (Å²) in [5.41, 5.74) is 7.22. The van der Waals surface area contributed by atoms with Gasteiger partial charge in [0, 0.05) is 25.1 Å². The van der Waals surface area contributed by atoms with Gasteiger partial charge in [-0.2, -0.15) is 0 Å². The van der Waals surface area contributed by atoms with Gasteiger partial charge in [-0.25, -0.2) is 0 Å². The van der Waals surface area contributed by atoms with Gasteiger partial charge in [0.2, 0.25) is 11.8 Å². The Bertz CT molecular complexity index is 567. The van der Waals surface area contributed by atoms with Crippen molar-refractivity contribution in [3.8, 4) is 0 Å². The van der Waals surface area contributed by atoms with Crippen LogP contribution in [0.3, 0.4) is 0 Å². The number of rotatable bonds is 7. The summed E-state index contributed by atoms with van der Waals surface area (Å²) in [7, 11) is 0. The number of carbonyl (C=O) groups excluding carboxylic acids is 2. The number of amides is 2. The topological polar surface area (TPSA) is 75.4 Å². The summed E-state index contributed by atoms with van der Waals surface area (Å²) in [6, 6.07) is 7.83. The Morgan fingerprint density at radius 3 is 2.67 bits per heavy atom. The number of nitrogens with two attached hydrogens (primary N) is 1. The minimum absolute atomic E-state index is 0.0767. The van der Waals surface area contributed by atoms with Gasteiger partial charge < -0.3 is 16.0 Å². The number of nitrogens with zero attached hydrogens (tertiary/aromatic N) is 1. The SMILES string of the molecule is Cc1cccc(N(CCC(N)=O)C(=O)CC(C)C2CCNCC2)c1. The molecule has 1 atom stereocenters. The Hall–Kier alpha value is -1.88. The molecular weight excluding hydrogens is 302 g/mol. The van der Waals surface area contributed by atoms with Crippen molar-refractivity contribution in [3.63, 3.8) is 0 Å². The molecule has 0 aliphatic carbocycles. The Balaban J connectivity index is 2.07. The van der Waals surface area contributed by atoms with Crippen LogP contribution in [0.5, 0.6) is 0 Å². The zero-order chi connectivity index (χ0) is 17.5. The molecule has 2 rings (SSSR count). The van der Waals surface area contributed by atoms with Crippen molar-refractivity contribution in [2.24, 2.45) is 17.6 Å². The highest BCUT2D eigenvalue weighted by molar-refractivity contribution is 5.94. The predicted octanol–water partition coefficient (Wildman–Crippen LogP) is 2.23. The van der Waals surface area contributed by atoms with E-state index in [2.05, 4.69) is 12.2 Å².